The molecule has 17 heavy (non-hydrogen) atoms. The highest BCUT2D eigenvalue weighted by molar-refractivity contribution is 7.89. The molecule has 1 aliphatic carbocycles. The average molecular weight is 257 g/mol. The van der Waals surface area contributed by atoms with Gasteiger partial charge in [0, 0.05) is 6.54 Å². The van der Waals surface area contributed by atoms with Gasteiger partial charge in [0.25, 0.3) is 10.0 Å². The summed E-state index contributed by atoms with van der Waals surface area (Å²) in [6, 6.07) is 0. The molecule has 1 fully saturated rings. The zero-order valence-corrected chi connectivity index (χ0v) is 10.8. The highest BCUT2D eigenvalue weighted by Gasteiger charge is 2.24. The van der Waals surface area contributed by atoms with Gasteiger partial charge in [-0.2, -0.15) is 0 Å². The first kappa shape index (κ1) is 12.6. The first-order valence-electron chi connectivity index (χ1n) is 6.07. The van der Waals surface area contributed by atoms with Gasteiger partial charge in [0.1, 0.15) is 0 Å². The molecule has 0 saturated heterocycles. The van der Waals surface area contributed by atoms with E-state index in [0.717, 1.165) is 6.42 Å². The van der Waals surface area contributed by atoms with Gasteiger partial charge in [-0.05, 0) is 18.3 Å². The maximum atomic E-state index is 11.9. The fraction of sp³-hybridized carbons (Fsp3) is 0.727. The van der Waals surface area contributed by atoms with Crippen LogP contribution in [0.3, 0.4) is 0 Å². The van der Waals surface area contributed by atoms with Gasteiger partial charge in [-0.15, -0.1) is 0 Å². The predicted molar refractivity (Wildman–Crippen MR) is 64.9 cm³/mol. The molecule has 1 saturated carbocycles. The van der Waals surface area contributed by atoms with Crippen molar-refractivity contribution in [3.8, 4) is 0 Å². The van der Waals surface area contributed by atoms with Crippen LogP contribution in [0.1, 0.15) is 32.6 Å². The van der Waals surface area contributed by atoms with E-state index < -0.39 is 10.0 Å². The van der Waals surface area contributed by atoms with Crippen LogP contribution in [-0.4, -0.2) is 24.9 Å². The molecular formula is C11H19N3O2S. The second kappa shape index (κ2) is 5.18. The van der Waals surface area contributed by atoms with Crippen molar-refractivity contribution in [1.82, 2.24) is 14.7 Å². The number of sulfonamides is 1. The average Bonchev–Trinajstić information content (AvgIpc) is 2.82. The van der Waals surface area contributed by atoms with E-state index in [1.54, 1.807) is 0 Å². The lowest BCUT2D eigenvalue weighted by Gasteiger charge is -2.28. The first-order chi connectivity index (χ1) is 8.09. The fourth-order valence-corrected chi connectivity index (χ4v) is 3.38. The van der Waals surface area contributed by atoms with Crippen molar-refractivity contribution < 1.29 is 8.42 Å². The summed E-state index contributed by atoms with van der Waals surface area (Å²) in [6.07, 6.45) is 7.50. The van der Waals surface area contributed by atoms with Crippen molar-refractivity contribution in [1.29, 1.82) is 0 Å². The highest BCUT2D eigenvalue weighted by atomic mass is 32.2. The normalized spacial score (nSPS) is 25.9. The second-order valence-corrected chi connectivity index (χ2v) is 6.52. The Balaban J connectivity index is 1.93. The number of aromatic nitrogens is 2. The molecule has 2 unspecified atom stereocenters. The lowest BCUT2D eigenvalue weighted by molar-refractivity contribution is 0.257. The van der Waals surface area contributed by atoms with Gasteiger partial charge in [0.2, 0.25) is 0 Å². The van der Waals surface area contributed by atoms with Crippen molar-refractivity contribution in [2.75, 3.05) is 6.54 Å². The molecule has 0 amide bonds. The highest BCUT2D eigenvalue weighted by Crippen LogP contribution is 2.29. The molecule has 1 aromatic rings. The van der Waals surface area contributed by atoms with E-state index in [1.807, 2.05) is 0 Å². The van der Waals surface area contributed by atoms with Crippen LogP contribution in [0.4, 0.5) is 0 Å². The molecule has 0 spiro atoms. The van der Waals surface area contributed by atoms with Crippen LogP contribution in [-0.2, 0) is 10.0 Å². The van der Waals surface area contributed by atoms with E-state index in [-0.39, 0.29) is 5.03 Å². The molecular weight excluding hydrogens is 238 g/mol. The molecule has 0 aliphatic heterocycles. The van der Waals surface area contributed by atoms with Crippen LogP contribution < -0.4 is 4.72 Å². The largest absolute Gasteiger partial charge is 0.335 e. The number of rotatable bonds is 4. The van der Waals surface area contributed by atoms with Gasteiger partial charge in [-0.25, -0.2) is 18.1 Å². The topological polar surface area (TPSA) is 74.8 Å². The Morgan fingerprint density at radius 2 is 2.24 bits per heavy atom. The molecule has 0 aromatic carbocycles. The smallest absolute Gasteiger partial charge is 0.257 e. The molecule has 1 aromatic heterocycles. The van der Waals surface area contributed by atoms with E-state index >= 15 is 0 Å². The Labute approximate surface area is 102 Å². The van der Waals surface area contributed by atoms with Crippen LogP contribution in [0, 0.1) is 11.8 Å². The molecule has 5 nitrogen and oxygen atoms in total. The van der Waals surface area contributed by atoms with Crippen LogP contribution in [0.2, 0.25) is 0 Å². The summed E-state index contributed by atoms with van der Waals surface area (Å²) in [5.41, 5.74) is 0. The number of H-pyrrole nitrogens is 1. The maximum absolute atomic E-state index is 11.9. The van der Waals surface area contributed by atoms with E-state index in [4.69, 9.17) is 0 Å². The van der Waals surface area contributed by atoms with Crippen molar-refractivity contribution >= 4 is 10.0 Å². The van der Waals surface area contributed by atoms with Gasteiger partial charge >= 0.3 is 0 Å². The third-order valence-electron chi connectivity index (χ3n) is 3.59. The lowest BCUT2D eigenvalue weighted by Crippen LogP contribution is -2.33. The molecule has 1 heterocycles. The third kappa shape index (κ3) is 3.07. The summed E-state index contributed by atoms with van der Waals surface area (Å²) in [6.45, 7) is 2.73. The first-order valence-corrected chi connectivity index (χ1v) is 7.56. The standard InChI is InChI=1S/C11H19N3O2S/c1-9-4-2-3-5-10(9)6-14-17(15,16)11-7-12-8-13-11/h7-10,14H,2-6H2,1H3,(H,12,13). The molecule has 0 bridgehead atoms. The molecule has 2 rings (SSSR count). The Hall–Kier alpha value is -0.880. The SMILES string of the molecule is CC1CCCCC1CNS(=O)(=O)c1cnc[nH]1. The summed E-state index contributed by atoms with van der Waals surface area (Å²) in [4.78, 5) is 6.34. The van der Waals surface area contributed by atoms with Crippen LogP contribution >= 0.6 is 0 Å². The van der Waals surface area contributed by atoms with E-state index in [2.05, 4.69) is 21.6 Å². The summed E-state index contributed by atoms with van der Waals surface area (Å²) in [7, 11) is -3.41. The van der Waals surface area contributed by atoms with Gasteiger partial charge in [-0.1, -0.05) is 26.2 Å². The number of hydrogen-bond donors (Lipinski definition) is 2. The zero-order chi connectivity index (χ0) is 12.3. The van der Waals surface area contributed by atoms with Crippen molar-refractivity contribution in [3.63, 3.8) is 0 Å². The van der Waals surface area contributed by atoms with E-state index in [0.29, 0.717) is 18.4 Å². The molecule has 2 atom stereocenters. The molecule has 0 radical (unpaired) electrons. The minimum Gasteiger partial charge on any atom is -0.335 e. The Kier molecular flexibility index (Phi) is 3.83. The molecule has 2 N–H and O–H groups in total. The lowest BCUT2D eigenvalue weighted by atomic mass is 9.81. The van der Waals surface area contributed by atoms with Crippen molar-refractivity contribution in [2.45, 2.75) is 37.6 Å². The predicted octanol–water partition coefficient (Wildman–Crippen LogP) is 1.51. The van der Waals surface area contributed by atoms with Crippen LogP contribution in [0.15, 0.2) is 17.6 Å². The van der Waals surface area contributed by atoms with Gasteiger partial charge in [0.15, 0.2) is 5.03 Å². The number of aromatic amines is 1. The van der Waals surface area contributed by atoms with Gasteiger partial charge < -0.3 is 4.98 Å². The summed E-state index contributed by atoms with van der Waals surface area (Å²) < 4.78 is 26.4. The van der Waals surface area contributed by atoms with Crippen molar-refractivity contribution in [2.24, 2.45) is 11.8 Å². The fourth-order valence-electron chi connectivity index (χ4n) is 2.38. The third-order valence-corrected chi connectivity index (χ3v) is 4.94. The van der Waals surface area contributed by atoms with Crippen LogP contribution in [0.5, 0.6) is 0 Å². The number of hydrogen-bond acceptors (Lipinski definition) is 3. The summed E-state index contributed by atoms with van der Waals surface area (Å²) >= 11 is 0. The van der Waals surface area contributed by atoms with Gasteiger partial charge in [-0.3, -0.25) is 0 Å². The molecule has 1 aliphatic rings. The summed E-state index contributed by atoms with van der Waals surface area (Å²) in [5, 5.41) is 0.140. The Morgan fingerprint density at radius 1 is 1.47 bits per heavy atom. The van der Waals surface area contributed by atoms with Gasteiger partial charge in [0.05, 0.1) is 12.5 Å². The number of imidazole rings is 1. The Morgan fingerprint density at radius 3 is 2.88 bits per heavy atom. The molecule has 6 heteroatoms. The zero-order valence-electron chi connectivity index (χ0n) is 10.0. The minimum absolute atomic E-state index is 0.140. The van der Waals surface area contributed by atoms with Crippen LogP contribution in [0.25, 0.3) is 0 Å². The quantitative estimate of drug-likeness (QED) is 0.858. The maximum Gasteiger partial charge on any atom is 0.257 e. The monoisotopic (exact) mass is 257 g/mol. The van der Waals surface area contributed by atoms with E-state index in [9.17, 15) is 8.42 Å². The number of nitrogens with zero attached hydrogens (tertiary/aromatic N) is 1. The van der Waals surface area contributed by atoms with Crippen molar-refractivity contribution in [3.05, 3.63) is 12.5 Å². The second-order valence-electron chi connectivity index (χ2n) is 4.79. The van der Waals surface area contributed by atoms with E-state index in [1.165, 1.54) is 31.8 Å². The summed E-state index contributed by atoms with van der Waals surface area (Å²) in [5.74, 6) is 1.06. The minimum atomic E-state index is -3.41. The number of nitrogens with one attached hydrogen (secondary N) is 2. The Bertz CT molecular complexity index is 441. The molecule has 96 valence electrons.